The van der Waals surface area contributed by atoms with Crippen LogP contribution in [0.4, 0.5) is 0 Å². The number of benzene rings is 1. The molecule has 0 unspecified atom stereocenters. The first-order valence-electron chi connectivity index (χ1n) is 12.3. The van der Waals surface area contributed by atoms with Gasteiger partial charge in [0.2, 0.25) is 0 Å². The summed E-state index contributed by atoms with van der Waals surface area (Å²) < 4.78 is 0. The molecule has 1 aliphatic rings. The van der Waals surface area contributed by atoms with Crippen molar-refractivity contribution in [3.63, 3.8) is 0 Å². The van der Waals surface area contributed by atoms with Gasteiger partial charge < -0.3 is 0 Å². The SMILES string of the molecule is CCCCCCCCCc1ccc([C@H]2CC[C@H](CCCCC)CC2)cc1C. The summed E-state index contributed by atoms with van der Waals surface area (Å²) in [7, 11) is 0. The molecule has 1 aromatic carbocycles. The Morgan fingerprint density at radius 2 is 1.37 bits per heavy atom. The van der Waals surface area contributed by atoms with Crippen molar-refractivity contribution in [2.24, 2.45) is 5.92 Å². The van der Waals surface area contributed by atoms with Gasteiger partial charge in [-0.3, -0.25) is 0 Å². The van der Waals surface area contributed by atoms with Crippen molar-refractivity contribution in [2.45, 2.75) is 129 Å². The fraction of sp³-hybridized carbons (Fsp3) is 0.778. The average molecular weight is 371 g/mol. The fourth-order valence-corrected chi connectivity index (χ4v) is 4.99. The van der Waals surface area contributed by atoms with Gasteiger partial charge in [0, 0.05) is 0 Å². The smallest absolute Gasteiger partial charge is 0.0162 e. The van der Waals surface area contributed by atoms with E-state index >= 15 is 0 Å². The maximum Gasteiger partial charge on any atom is -0.0162 e. The van der Waals surface area contributed by atoms with Gasteiger partial charge in [0.15, 0.2) is 0 Å². The Labute approximate surface area is 170 Å². The van der Waals surface area contributed by atoms with E-state index in [1.807, 2.05) is 0 Å². The predicted octanol–water partition coefficient (Wildman–Crippen LogP) is 9.14. The van der Waals surface area contributed by atoms with E-state index in [0.717, 1.165) is 11.8 Å². The van der Waals surface area contributed by atoms with Crippen LogP contribution in [0.15, 0.2) is 18.2 Å². The molecule has 0 aliphatic heterocycles. The van der Waals surface area contributed by atoms with E-state index < -0.39 is 0 Å². The summed E-state index contributed by atoms with van der Waals surface area (Å²) in [5, 5.41) is 0. The molecule has 0 spiro atoms. The third-order valence-electron chi connectivity index (χ3n) is 6.95. The van der Waals surface area contributed by atoms with Gasteiger partial charge >= 0.3 is 0 Å². The van der Waals surface area contributed by atoms with Crippen molar-refractivity contribution in [1.29, 1.82) is 0 Å². The Morgan fingerprint density at radius 3 is 2.04 bits per heavy atom. The topological polar surface area (TPSA) is 0 Å². The van der Waals surface area contributed by atoms with E-state index in [0.29, 0.717) is 0 Å². The summed E-state index contributed by atoms with van der Waals surface area (Å²) in [4.78, 5) is 0. The standard InChI is InChI=1S/C27H46/c1-4-6-8-9-10-11-13-15-25-20-21-27(22-23(25)3)26-18-16-24(17-19-26)14-12-7-5-2/h20-22,24,26H,4-19H2,1-3H3/t24-,26-. The normalized spacial score (nSPS) is 20.1. The van der Waals surface area contributed by atoms with Crippen molar-refractivity contribution < 1.29 is 0 Å². The van der Waals surface area contributed by atoms with Crippen molar-refractivity contribution in [3.05, 3.63) is 34.9 Å². The summed E-state index contributed by atoms with van der Waals surface area (Å²) in [6, 6.07) is 7.44. The van der Waals surface area contributed by atoms with Gasteiger partial charge in [-0.15, -0.1) is 0 Å². The Hall–Kier alpha value is -0.780. The van der Waals surface area contributed by atoms with Crippen LogP contribution in [0.2, 0.25) is 0 Å². The molecular weight excluding hydrogens is 324 g/mol. The molecule has 1 fully saturated rings. The molecule has 27 heavy (non-hydrogen) atoms. The zero-order chi connectivity index (χ0) is 19.3. The van der Waals surface area contributed by atoms with Crippen molar-refractivity contribution in [1.82, 2.24) is 0 Å². The summed E-state index contributed by atoms with van der Waals surface area (Å²) in [6.45, 7) is 6.96. The predicted molar refractivity (Wildman–Crippen MR) is 122 cm³/mol. The van der Waals surface area contributed by atoms with Gasteiger partial charge in [-0.1, -0.05) is 96.3 Å². The lowest BCUT2D eigenvalue weighted by Gasteiger charge is -2.29. The van der Waals surface area contributed by atoms with E-state index in [1.54, 1.807) is 16.7 Å². The lowest BCUT2D eigenvalue weighted by Crippen LogP contribution is -2.13. The largest absolute Gasteiger partial charge is 0.0654 e. The zero-order valence-electron chi connectivity index (χ0n) is 18.7. The van der Waals surface area contributed by atoms with Gasteiger partial charge in [-0.05, 0) is 74.0 Å². The monoisotopic (exact) mass is 370 g/mol. The number of rotatable bonds is 13. The van der Waals surface area contributed by atoms with Crippen molar-refractivity contribution in [3.8, 4) is 0 Å². The van der Waals surface area contributed by atoms with Gasteiger partial charge in [0.25, 0.3) is 0 Å². The minimum atomic E-state index is 0.832. The summed E-state index contributed by atoms with van der Waals surface area (Å²) in [5.74, 6) is 1.85. The highest BCUT2D eigenvalue weighted by Crippen LogP contribution is 2.38. The van der Waals surface area contributed by atoms with Gasteiger partial charge in [-0.2, -0.15) is 0 Å². The molecule has 1 aromatic rings. The number of hydrogen-bond donors (Lipinski definition) is 0. The van der Waals surface area contributed by atoms with Crippen LogP contribution < -0.4 is 0 Å². The van der Waals surface area contributed by atoms with Gasteiger partial charge in [0.1, 0.15) is 0 Å². The molecule has 0 amide bonds. The van der Waals surface area contributed by atoms with Crippen molar-refractivity contribution >= 4 is 0 Å². The second kappa shape index (κ2) is 13.4. The molecule has 2 rings (SSSR count). The Kier molecular flexibility index (Phi) is 11.2. The molecule has 0 nitrogen and oxygen atoms in total. The highest BCUT2D eigenvalue weighted by Gasteiger charge is 2.22. The molecule has 0 aromatic heterocycles. The number of hydrogen-bond acceptors (Lipinski definition) is 0. The first kappa shape index (κ1) is 22.5. The molecule has 0 heteroatoms. The van der Waals surface area contributed by atoms with Crippen LogP contribution in [0.5, 0.6) is 0 Å². The van der Waals surface area contributed by atoms with E-state index in [1.165, 1.54) is 103 Å². The van der Waals surface area contributed by atoms with Crippen LogP contribution in [0, 0.1) is 12.8 Å². The minimum Gasteiger partial charge on any atom is -0.0654 e. The molecule has 0 radical (unpaired) electrons. The van der Waals surface area contributed by atoms with E-state index in [9.17, 15) is 0 Å². The molecule has 1 aliphatic carbocycles. The quantitative estimate of drug-likeness (QED) is 0.304. The first-order chi connectivity index (χ1) is 13.2. The lowest BCUT2D eigenvalue weighted by molar-refractivity contribution is 0.302. The maximum atomic E-state index is 2.53. The van der Waals surface area contributed by atoms with Gasteiger partial charge in [-0.25, -0.2) is 0 Å². The Morgan fingerprint density at radius 1 is 0.741 bits per heavy atom. The number of aryl methyl sites for hydroxylation is 2. The maximum absolute atomic E-state index is 2.53. The minimum absolute atomic E-state index is 0.832. The molecule has 154 valence electrons. The second-order valence-electron chi connectivity index (χ2n) is 9.27. The molecule has 0 saturated heterocycles. The van der Waals surface area contributed by atoms with Crippen LogP contribution in [0.3, 0.4) is 0 Å². The number of unbranched alkanes of at least 4 members (excludes halogenated alkanes) is 8. The Balaban J connectivity index is 1.70. The van der Waals surface area contributed by atoms with Gasteiger partial charge in [0.05, 0.1) is 0 Å². The highest BCUT2D eigenvalue weighted by atomic mass is 14.3. The van der Waals surface area contributed by atoms with Crippen LogP contribution in [-0.2, 0) is 6.42 Å². The molecule has 0 N–H and O–H groups in total. The van der Waals surface area contributed by atoms with Crippen molar-refractivity contribution in [2.75, 3.05) is 0 Å². The molecular formula is C27H46. The van der Waals surface area contributed by atoms with E-state index in [4.69, 9.17) is 0 Å². The van der Waals surface area contributed by atoms with Crippen LogP contribution >= 0.6 is 0 Å². The van der Waals surface area contributed by atoms with Crippen LogP contribution in [-0.4, -0.2) is 0 Å². The molecule has 0 bridgehead atoms. The van der Waals surface area contributed by atoms with E-state index in [2.05, 4.69) is 39.0 Å². The fourth-order valence-electron chi connectivity index (χ4n) is 4.99. The third kappa shape index (κ3) is 8.41. The van der Waals surface area contributed by atoms with E-state index in [-0.39, 0.29) is 0 Å². The molecule has 1 saturated carbocycles. The summed E-state index contributed by atoms with van der Waals surface area (Å²) in [5.41, 5.74) is 4.77. The summed E-state index contributed by atoms with van der Waals surface area (Å²) in [6.07, 6.45) is 22.6. The molecule has 0 heterocycles. The zero-order valence-corrected chi connectivity index (χ0v) is 18.7. The third-order valence-corrected chi connectivity index (χ3v) is 6.95. The van der Waals surface area contributed by atoms with Crippen LogP contribution in [0.25, 0.3) is 0 Å². The average Bonchev–Trinajstić information content (AvgIpc) is 2.69. The first-order valence-corrected chi connectivity index (χ1v) is 12.3. The lowest BCUT2D eigenvalue weighted by atomic mass is 9.76. The summed E-state index contributed by atoms with van der Waals surface area (Å²) >= 11 is 0. The Bertz CT molecular complexity index is 493. The second-order valence-corrected chi connectivity index (χ2v) is 9.27. The highest BCUT2D eigenvalue weighted by molar-refractivity contribution is 5.33. The molecule has 0 atom stereocenters. The van der Waals surface area contributed by atoms with Crippen LogP contribution in [0.1, 0.15) is 133 Å².